The largest absolute Gasteiger partial charge is 0.443 e. The van der Waals surface area contributed by atoms with Crippen molar-refractivity contribution < 1.29 is 14.0 Å². The molecule has 0 saturated carbocycles. The van der Waals surface area contributed by atoms with Crippen molar-refractivity contribution >= 4 is 25.3 Å². The van der Waals surface area contributed by atoms with Gasteiger partial charge in [0.05, 0.1) is 11.7 Å². The molecule has 2 aromatic heterocycles. The van der Waals surface area contributed by atoms with Gasteiger partial charge in [-0.15, -0.1) is 0 Å². The first-order valence-corrected chi connectivity index (χ1v) is 12.9. The van der Waals surface area contributed by atoms with Gasteiger partial charge in [0.15, 0.2) is 8.32 Å². The third-order valence-corrected chi connectivity index (χ3v) is 11.8. The molecule has 5 nitrogen and oxygen atoms in total. The number of rotatable bonds is 7. The number of ether oxygens (including phenoxy) is 1. The average Bonchev–Trinajstić information content (AvgIpc) is 2.95. The zero-order valence-corrected chi connectivity index (χ0v) is 20.6. The number of nitrogens with zero attached hydrogens (tertiary/aromatic N) is 2. The Bertz CT molecular complexity index is 812. The Kier molecular flexibility index (Phi) is 7.33. The first-order chi connectivity index (χ1) is 13.4. The summed E-state index contributed by atoms with van der Waals surface area (Å²) >= 11 is 0. The predicted octanol–water partition coefficient (Wildman–Crippen LogP) is 6.55. The fraction of sp³-hybridized carbons (Fsp3) is 0.652. The van der Waals surface area contributed by atoms with E-state index in [4.69, 9.17) is 9.16 Å². The highest BCUT2D eigenvalue weighted by Crippen LogP contribution is 2.42. The summed E-state index contributed by atoms with van der Waals surface area (Å²) in [6.45, 7) is 20.1. The minimum atomic E-state index is -1.91. The van der Waals surface area contributed by atoms with E-state index in [0.29, 0.717) is 23.2 Å². The van der Waals surface area contributed by atoms with Crippen molar-refractivity contribution in [2.24, 2.45) is 0 Å². The van der Waals surface area contributed by atoms with Crippen molar-refractivity contribution in [2.75, 3.05) is 6.61 Å². The number of hydrogen-bond donors (Lipinski definition) is 0. The first-order valence-electron chi connectivity index (χ1n) is 10.7. The van der Waals surface area contributed by atoms with Crippen molar-refractivity contribution in [1.29, 1.82) is 0 Å². The lowest BCUT2D eigenvalue weighted by Crippen LogP contribution is -2.48. The molecule has 2 rings (SSSR count). The minimum Gasteiger partial charge on any atom is -0.443 e. The van der Waals surface area contributed by atoms with E-state index in [1.165, 1.54) is 0 Å². The minimum absolute atomic E-state index is 0.377. The molecule has 0 saturated heterocycles. The summed E-state index contributed by atoms with van der Waals surface area (Å²) in [5, 5.41) is 1.03. The van der Waals surface area contributed by atoms with Crippen LogP contribution in [0, 0.1) is 0 Å². The van der Waals surface area contributed by atoms with Gasteiger partial charge in [0, 0.05) is 24.4 Å². The molecule has 29 heavy (non-hydrogen) atoms. The summed E-state index contributed by atoms with van der Waals surface area (Å²) in [5.74, 6) is 0. The topological polar surface area (TPSA) is 53.4 Å². The maximum Gasteiger partial charge on any atom is 0.419 e. The highest BCUT2D eigenvalue weighted by molar-refractivity contribution is 6.77. The molecule has 0 amide bonds. The van der Waals surface area contributed by atoms with Crippen molar-refractivity contribution in [3.05, 3.63) is 30.2 Å². The number of fused-ring (bicyclic) bond motifs is 1. The fourth-order valence-corrected chi connectivity index (χ4v) is 10.1. The Balaban J connectivity index is 2.28. The zero-order chi connectivity index (χ0) is 22.0. The third-order valence-electron chi connectivity index (χ3n) is 5.71. The number of aromatic nitrogens is 2. The lowest BCUT2D eigenvalue weighted by Gasteiger charge is -2.42. The second kappa shape index (κ2) is 9.00. The normalized spacial score (nSPS) is 13.1. The molecule has 0 unspecified atom stereocenters. The summed E-state index contributed by atoms with van der Waals surface area (Å²) in [7, 11) is -1.91. The second-order valence-corrected chi connectivity index (χ2v) is 15.3. The van der Waals surface area contributed by atoms with Crippen LogP contribution in [0.3, 0.4) is 0 Å². The molecule has 0 aliphatic carbocycles. The molecular formula is C23H38N2O3Si. The van der Waals surface area contributed by atoms with Crippen LogP contribution in [-0.4, -0.2) is 36.2 Å². The molecule has 0 atom stereocenters. The molecule has 0 radical (unpaired) electrons. The Hall–Kier alpha value is -1.66. The van der Waals surface area contributed by atoms with Gasteiger partial charge in [0.1, 0.15) is 5.60 Å². The SMILES string of the molecule is CC(C)[Si](OCCc1cn(C(=O)OC(C)(C)C)c2cnccc12)(C(C)C)C(C)C. The Morgan fingerprint density at radius 2 is 1.69 bits per heavy atom. The van der Waals surface area contributed by atoms with E-state index in [1.54, 1.807) is 17.0 Å². The number of carbonyl (C=O) groups excluding carboxylic acids is 1. The van der Waals surface area contributed by atoms with E-state index in [1.807, 2.05) is 33.0 Å². The number of pyridine rings is 1. The lowest BCUT2D eigenvalue weighted by molar-refractivity contribution is 0.0544. The molecular weight excluding hydrogens is 380 g/mol. The maximum absolute atomic E-state index is 12.7. The van der Waals surface area contributed by atoms with Gasteiger partial charge in [-0.1, -0.05) is 41.5 Å². The van der Waals surface area contributed by atoms with Gasteiger partial charge in [-0.2, -0.15) is 0 Å². The number of hydrogen-bond acceptors (Lipinski definition) is 4. The van der Waals surface area contributed by atoms with E-state index in [2.05, 4.69) is 46.5 Å². The molecule has 0 N–H and O–H groups in total. The van der Waals surface area contributed by atoms with Crippen molar-refractivity contribution in [3.63, 3.8) is 0 Å². The van der Waals surface area contributed by atoms with Crippen LogP contribution in [0.4, 0.5) is 4.79 Å². The van der Waals surface area contributed by atoms with Gasteiger partial charge in [-0.05, 0) is 55.4 Å². The maximum atomic E-state index is 12.7. The van der Waals surface area contributed by atoms with E-state index in [-0.39, 0.29) is 6.09 Å². The Morgan fingerprint density at radius 1 is 1.10 bits per heavy atom. The fourth-order valence-electron chi connectivity index (χ4n) is 4.64. The summed E-state index contributed by atoms with van der Waals surface area (Å²) < 4.78 is 13.9. The average molecular weight is 419 g/mol. The third kappa shape index (κ3) is 5.09. The van der Waals surface area contributed by atoms with E-state index >= 15 is 0 Å². The summed E-state index contributed by atoms with van der Waals surface area (Å²) in [5.41, 5.74) is 2.97. The van der Waals surface area contributed by atoms with Crippen LogP contribution in [0.2, 0.25) is 16.6 Å². The highest BCUT2D eigenvalue weighted by Gasteiger charge is 2.44. The quantitative estimate of drug-likeness (QED) is 0.478. The molecule has 6 heteroatoms. The van der Waals surface area contributed by atoms with Gasteiger partial charge < -0.3 is 9.16 Å². The molecule has 2 heterocycles. The predicted molar refractivity (Wildman–Crippen MR) is 122 cm³/mol. The van der Waals surface area contributed by atoms with Crippen LogP contribution in [0.25, 0.3) is 10.9 Å². The van der Waals surface area contributed by atoms with E-state index in [0.717, 1.165) is 22.9 Å². The van der Waals surface area contributed by atoms with Gasteiger partial charge in [-0.25, -0.2) is 4.79 Å². The number of carbonyl (C=O) groups is 1. The van der Waals surface area contributed by atoms with Crippen LogP contribution >= 0.6 is 0 Å². The van der Waals surface area contributed by atoms with E-state index < -0.39 is 13.9 Å². The molecule has 162 valence electrons. The van der Waals surface area contributed by atoms with Crippen molar-refractivity contribution in [3.8, 4) is 0 Å². The summed E-state index contributed by atoms with van der Waals surface area (Å²) in [4.78, 5) is 16.9. The molecule has 0 fully saturated rings. The van der Waals surface area contributed by atoms with Crippen molar-refractivity contribution in [1.82, 2.24) is 9.55 Å². The molecule has 0 bridgehead atoms. The van der Waals surface area contributed by atoms with Gasteiger partial charge in [-0.3, -0.25) is 9.55 Å². The van der Waals surface area contributed by atoms with Crippen LogP contribution < -0.4 is 0 Å². The van der Waals surface area contributed by atoms with Crippen molar-refractivity contribution in [2.45, 2.75) is 91.0 Å². The first kappa shape index (κ1) is 23.6. The highest BCUT2D eigenvalue weighted by atomic mass is 28.4. The Morgan fingerprint density at radius 3 is 2.21 bits per heavy atom. The van der Waals surface area contributed by atoms with Crippen LogP contribution in [-0.2, 0) is 15.6 Å². The lowest BCUT2D eigenvalue weighted by atomic mass is 10.1. The monoisotopic (exact) mass is 418 g/mol. The standard InChI is InChI=1S/C23H38N2O3Si/c1-16(2)29(17(3)4,18(5)6)27-13-11-19-15-25(22(26)28-23(7,8)9)21-14-24-12-10-20(19)21/h10,12,14-18H,11,13H2,1-9H3. The summed E-state index contributed by atoms with van der Waals surface area (Å²) in [6, 6.07) is 1.96. The van der Waals surface area contributed by atoms with Crippen LogP contribution in [0.15, 0.2) is 24.7 Å². The molecule has 0 aliphatic heterocycles. The molecule has 0 aromatic carbocycles. The van der Waals surface area contributed by atoms with Gasteiger partial charge >= 0.3 is 6.09 Å². The van der Waals surface area contributed by atoms with Gasteiger partial charge in [0.25, 0.3) is 0 Å². The summed E-state index contributed by atoms with van der Waals surface area (Å²) in [6.07, 6.45) is 5.75. The second-order valence-electron chi connectivity index (χ2n) is 9.81. The van der Waals surface area contributed by atoms with Crippen LogP contribution in [0.1, 0.15) is 67.9 Å². The zero-order valence-electron chi connectivity index (χ0n) is 19.6. The molecule has 0 spiro atoms. The van der Waals surface area contributed by atoms with E-state index in [9.17, 15) is 4.79 Å². The van der Waals surface area contributed by atoms with Crippen LogP contribution in [0.5, 0.6) is 0 Å². The molecule has 0 aliphatic rings. The molecule has 2 aromatic rings. The smallest absolute Gasteiger partial charge is 0.419 e. The van der Waals surface area contributed by atoms with Gasteiger partial charge in [0.2, 0.25) is 0 Å². The Labute approximate surface area is 176 Å².